The Kier molecular flexibility index (Phi) is 4.10. The average Bonchev–Trinajstić information content (AvgIpc) is 2.36. The molecule has 1 aromatic carbocycles. The molecule has 0 aliphatic heterocycles. The number of benzene rings is 1. The molecule has 2 nitrogen and oxygen atoms in total. The molecule has 18 heavy (non-hydrogen) atoms. The van der Waals surface area contributed by atoms with Crippen molar-refractivity contribution in [2.45, 2.75) is 19.7 Å². The van der Waals surface area contributed by atoms with Crippen molar-refractivity contribution in [1.29, 1.82) is 0 Å². The van der Waals surface area contributed by atoms with Crippen LogP contribution >= 0.6 is 23.2 Å². The number of aromatic nitrogens is 1. The Morgan fingerprint density at radius 1 is 1.22 bits per heavy atom. The van der Waals surface area contributed by atoms with E-state index in [1.54, 1.807) is 12.3 Å². The highest BCUT2D eigenvalue weighted by molar-refractivity contribution is 6.32. The molecular weight excluding hydrogens is 269 g/mol. The fraction of sp³-hybridized carbons (Fsp3) is 0.214. The number of halogens is 2. The zero-order valence-electron chi connectivity index (χ0n) is 10.2. The number of ether oxygens (including phenoxy) is 1. The quantitative estimate of drug-likeness (QED) is 0.748. The molecule has 2 aromatic rings. The first-order valence-electron chi connectivity index (χ1n) is 5.55. The van der Waals surface area contributed by atoms with Gasteiger partial charge in [0.1, 0.15) is 10.8 Å². The smallest absolute Gasteiger partial charge is 0.238 e. The summed E-state index contributed by atoms with van der Waals surface area (Å²) in [5, 5.41) is 0.467. The predicted molar refractivity (Wildman–Crippen MR) is 74.8 cm³/mol. The van der Waals surface area contributed by atoms with Gasteiger partial charge in [-0.3, -0.25) is 0 Å². The van der Waals surface area contributed by atoms with Crippen LogP contribution < -0.4 is 4.74 Å². The van der Waals surface area contributed by atoms with Gasteiger partial charge >= 0.3 is 0 Å². The third-order valence-corrected chi connectivity index (χ3v) is 3.15. The highest BCUT2D eigenvalue weighted by Gasteiger charge is 2.08. The minimum atomic E-state index is 0.385. The van der Waals surface area contributed by atoms with Crippen LogP contribution in [-0.4, -0.2) is 4.98 Å². The topological polar surface area (TPSA) is 22.1 Å². The lowest BCUT2D eigenvalue weighted by Crippen LogP contribution is -1.93. The van der Waals surface area contributed by atoms with Crippen molar-refractivity contribution >= 4 is 23.2 Å². The number of nitrogens with zero attached hydrogens (tertiary/aromatic N) is 1. The second-order valence-corrected chi connectivity index (χ2v) is 4.81. The number of hydrogen-bond donors (Lipinski definition) is 0. The summed E-state index contributed by atoms with van der Waals surface area (Å²) >= 11 is 11.8. The van der Waals surface area contributed by atoms with Crippen LogP contribution in [0, 0.1) is 13.8 Å². The monoisotopic (exact) mass is 281 g/mol. The van der Waals surface area contributed by atoms with Crippen LogP contribution in [0.1, 0.15) is 16.7 Å². The summed E-state index contributed by atoms with van der Waals surface area (Å²) in [6.07, 6.45) is 1.67. The van der Waals surface area contributed by atoms with Gasteiger partial charge in [-0.2, -0.15) is 0 Å². The summed E-state index contributed by atoms with van der Waals surface area (Å²) < 4.78 is 5.73. The second kappa shape index (κ2) is 5.59. The lowest BCUT2D eigenvalue weighted by Gasteiger charge is -2.10. The van der Waals surface area contributed by atoms with Gasteiger partial charge in [-0.25, -0.2) is 4.98 Å². The van der Waals surface area contributed by atoms with Crippen molar-refractivity contribution in [3.63, 3.8) is 0 Å². The van der Waals surface area contributed by atoms with Crippen LogP contribution in [0.5, 0.6) is 11.6 Å². The molecule has 0 fully saturated rings. The Balaban J connectivity index is 2.31. The van der Waals surface area contributed by atoms with Crippen molar-refractivity contribution in [2.75, 3.05) is 0 Å². The maximum atomic E-state index is 6.10. The first kappa shape index (κ1) is 13.2. The molecule has 0 aliphatic rings. The molecule has 0 bridgehead atoms. The van der Waals surface area contributed by atoms with Crippen molar-refractivity contribution in [3.8, 4) is 11.6 Å². The third kappa shape index (κ3) is 2.95. The van der Waals surface area contributed by atoms with Crippen molar-refractivity contribution in [3.05, 3.63) is 52.2 Å². The van der Waals surface area contributed by atoms with Crippen molar-refractivity contribution in [1.82, 2.24) is 4.98 Å². The molecule has 0 atom stereocenters. The normalized spacial score (nSPS) is 10.4. The molecule has 0 saturated carbocycles. The molecule has 4 heteroatoms. The summed E-state index contributed by atoms with van der Waals surface area (Å²) in [5.74, 6) is 1.55. The van der Waals surface area contributed by atoms with Gasteiger partial charge < -0.3 is 4.74 Å². The summed E-state index contributed by atoms with van der Waals surface area (Å²) in [5.41, 5.74) is 3.04. The van der Waals surface area contributed by atoms with E-state index < -0.39 is 0 Å². The predicted octanol–water partition coefficient (Wildman–Crippen LogP) is 4.88. The molecule has 0 amide bonds. The minimum Gasteiger partial charge on any atom is -0.437 e. The van der Waals surface area contributed by atoms with E-state index in [2.05, 4.69) is 4.98 Å². The molecule has 94 valence electrons. The number of alkyl halides is 1. The molecule has 1 heterocycles. The average molecular weight is 282 g/mol. The highest BCUT2D eigenvalue weighted by Crippen LogP contribution is 2.30. The standard InChI is InChI=1S/C14H13Cl2NO/c1-9-3-4-10(2)13(5-9)18-14-12(16)6-11(7-15)8-17-14/h3-6,8H,7H2,1-2H3. The van der Waals surface area contributed by atoms with Gasteiger partial charge in [-0.05, 0) is 42.7 Å². The van der Waals surface area contributed by atoms with Gasteiger partial charge in [0, 0.05) is 12.1 Å². The Bertz CT molecular complexity index is 570. The van der Waals surface area contributed by atoms with Crippen LogP contribution in [0.25, 0.3) is 0 Å². The number of pyridine rings is 1. The van der Waals surface area contributed by atoms with Crippen molar-refractivity contribution in [2.24, 2.45) is 0 Å². The molecule has 0 N–H and O–H groups in total. The fourth-order valence-corrected chi connectivity index (χ4v) is 1.91. The number of rotatable bonds is 3. The van der Waals surface area contributed by atoms with Crippen LogP contribution in [0.15, 0.2) is 30.5 Å². The van der Waals surface area contributed by atoms with Crippen LogP contribution in [0.2, 0.25) is 5.02 Å². The van der Waals surface area contributed by atoms with Gasteiger partial charge in [0.25, 0.3) is 0 Å². The zero-order chi connectivity index (χ0) is 13.1. The van der Waals surface area contributed by atoms with Gasteiger partial charge in [-0.15, -0.1) is 11.6 Å². The maximum absolute atomic E-state index is 6.10. The lowest BCUT2D eigenvalue weighted by molar-refractivity contribution is 0.459. The lowest BCUT2D eigenvalue weighted by atomic mass is 10.1. The SMILES string of the molecule is Cc1ccc(C)c(Oc2ncc(CCl)cc2Cl)c1. The molecular formula is C14H13Cl2NO. The first-order valence-corrected chi connectivity index (χ1v) is 6.47. The van der Waals surface area contributed by atoms with Crippen LogP contribution in [0.3, 0.4) is 0 Å². The Hall–Kier alpha value is -1.25. The van der Waals surface area contributed by atoms with Gasteiger partial charge in [-0.1, -0.05) is 23.7 Å². The van der Waals surface area contributed by atoms with Gasteiger partial charge in [0.2, 0.25) is 5.88 Å². The zero-order valence-corrected chi connectivity index (χ0v) is 11.7. The number of aryl methyl sites for hydroxylation is 2. The van der Waals surface area contributed by atoms with Gasteiger partial charge in [0.15, 0.2) is 0 Å². The first-order chi connectivity index (χ1) is 8.60. The fourth-order valence-electron chi connectivity index (χ4n) is 1.53. The molecule has 0 radical (unpaired) electrons. The molecule has 2 rings (SSSR count). The van der Waals surface area contributed by atoms with E-state index in [1.165, 1.54) is 0 Å². The van der Waals surface area contributed by atoms with E-state index in [-0.39, 0.29) is 0 Å². The molecule has 0 aliphatic carbocycles. The van der Waals surface area contributed by atoms with E-state index in [0.29, 0.717) is 16.8 Å². The van der Waals surface area contributed by atoms with Crippen molar-refractivity contribution < 1.29 is 4.74 Å². The van der Waals surface area contributed by atoms with E-state index in [1.807, 2.05) is 32.0 Å². The van der Waals surface area contributed by atoms with E-state index >= 15 is 0 Å². The minimum absolute atomic E-state index is 0.385. The van der Waals surface area contributed by atoms with E-state index in [0.717, 1.165) is 22.4 Å². The number of hydrogen-bond acceptors (Lipinski definition) is 2. The third-order valence-electron chi connectivity index (χ3n) is 2.57. The summed E-state index contributed by atoms with van der Waals surface area (Å²) in [4.78, 5) is 4.18. The van der Waals surface area contributed by atoms with Crippen LogP contribution in [-0.2, 0) is 5.88 Å². The molecule has 0 unspecified atom stereocenters. The highest BCUT2D eigenvalue weighted by atomic mass is 35.5. The molecule has 0 saturated heterocycles. The van der Waals surface area contributed by atoms with Gasteiger partial charge in [0.05, 0.1) is 0 Å². The Labute approximate surface area is 117 Å². The van der Waals surface area contributed by atoms with E-state index in [9.17, 15) is 0 Å². The molecule has 1 aromatic heterocycles. The van der Waals surface area contributed by atoms with Crippen LogP contribution in [0.4, 0.5) is 0 Å². The largest absolute Gasteiger partial charge is 0.437 e. The Morgan fingerprint density at radius 3 is 2.67 bits per heavy atom. The summed E-state index contributed by atoms with van der Waals surface area (Å²) in [6.45, 7) is 3.99. The Morgan fingerprint density at radius 2 is 2.00 bits per heavy atom. The summed E-state index contributed by atoms with van der Waals surface area (Å²) in [7, 11) is 0. The maximum Gasteiger partial charge on any atom is 0.238 e. The second-order valence-electron chi connectivity index (χ2n) is 4.14. The summed E-state index contributed by atoms with van der Waals surface area (Å²) in [6, 6.07) is 7.77. The molecule has 0 spiro atoms. The van der Waals surface area contributed by atoms with E-state index in [4.69, 9.17) is 27.9 Å².